The SMILES string of the molecule is O=C(c1ccccc1Cl)N1CCC(NS(=O)(=O)c2ccc(Cl)cc2)CC1. The highest BCUT2D eigenvalue weighted by atomic mass is 35.5. The van der Waals surface area contributed by atoms with E-state index >= 15 is 0 Å². The number of benzene rings is 2. The van der Waals surface area contributed by atoms with Gasteiger partial charge >= 0.3 is 0 Å². The Kier molecular flexibility index (Phi) is 5.87. The van der Waals surface area contributed by atoms with Gasteiger partial charge in [0.25, 0.3) is 5.91 Å². The molecule has 0 aliphatic carbocycles. The van der Waals surface area contributed by atoms with Crippen LogP contribution < -0.4 is 4.72 Å². The Labute approximate surface area is 163 Å². The number of piperidine rings is 1. The van der Waals surface area contributed by atoms with Crippen LogP contribution in [-0.4, -0.2) is 38.4 Å². The number of likely N-dealkylation sites (tertiary alicyclic amines) is 1. The summed E-state index contributed by atoms with van der Waals surface area (Å²) in [5.74, 6) is -0.130. The van der Waals surface area contributed by atoms with Crippen LogP contribution in [0.1, 0.15) is 23.2 Å². The molecule has 0 radical (unpaired) electrons. The summed E-state index contributed by atoms with van der Waals surface area (Å²) in [6, 6.07) is 12.7. The Bertz CT molecular complexity index is 893. The molecule has 0 unspecified atom stereocenters. The first-order valence-corrected chi connectivity index (χ1v) is 10.4. The van der Waals surface area contributed by atoms with Gasteiger partial charge in [0.2, 0.25) is 10.0 Å². The van der Waals surface area contributed by atoms with Crippen LogP contribution in [0.3, 0.4) is 0 Å². The lowest BCUT2D eigenvalue weighted by Crippen LogP contribution is -2.46. The number of carbonyl (C=O) groups is 1. The van der Waals surface area contributed by atoms with Crippen molar-refractivity contribution in [3.8, 4) is 0 Å². The zero-order valence-electron chi connectivity index (χ0n) is 13.9. The smallest absolute Gasteiger partial charge is 0.255 e. The number of carbonyl (C=O) groups excluding carboxylic acids is 1. The second kappa shape index (κ2) is 7.96. The molecule has 5 nitrogen and oxygen atoms in total. The molecule has 0 aromatic heterocycles. The van der Waals surface area contributed by atoms with E-state index in [2.05, 4.69) is 4.72 Å². The Morgan fingerprint density at radius 1 is 1.00 bits per heavy atom. The zero-order valence-corrected chi connectivity index (χ0v) is 16.2. The van der Waals surface area contributed by atoms with E-state index in [-0.39, 0.29) is 16.8 Å². The fourth-order valence-electron chi connectivity index (χ4n) is 2.91. The molecule has 0 spiro atoms. The fraction of sp³-hybridized carbons (Fsp3) is 0.278. The molecule has 2 aromatic rings. The predicted octanol–water partition coefficient (Wildman–Crippen LogP) is 3.58. The Balaban J connectivity index is 1.61. The number of hydrogen-bond acceptors (Lipinski definition) is 3. The standard InChI is InChI=1S/C18H18Cl2N2O3S/c19-13-5-7-15(8-6-13)26(24,25)21-14-9-11-22(12-10-14)18(23)16-3-1-2-4-17(16)20/h1-8,14,21H,9-12H2. The average molecular weight is 413 g/mol. The van der Waals surface area contributed by atoms with Crippen LogP contribution in [0, 0.1) is 0 Å². The summed E-state index contributed by atoms with van der Waals surface area (Å²) in [6.07, 6.45) is 1.09. The van der Waals surface area contributed by atoms with E-state index in [0.29, 0.717) is 41.5 Å². The summed E-state index contributed by atoms with van der Waals surface area (Å²) in [5, 5.41) is 0.901. The van der Waals surface area contributed by atoms with Crippen LogP contribution in [0.4, 0.5) is 0 Å². The predicted molar refractivity (Wildman–Crippen MR) is 102 cm³/mol. The summed E-state index contributed by atoms with van der Waals surface area (Å²) in [4.78, 5) is 14.4. The minimum Gasteiger partial charge on any atom is -0.338 e. The van der Waals surface area contributed by atoms with Crippen molar-refractivity contribution in [2.45, 2.75) is 23.8 Å². The number of hydrogen-bond donors (Lipinski definition) is 1. The Hall–Kier alpha value is -1.60. The van der Waals surface area contributed by atoms with E-state index < -0.39 is 10.0 Å². The molecule has 3 rings (SSSR count). The summed E-state index contributed by atoms with van der Waals surface area (Å²) < 4.78 is 27.6. The number of nitrogens with one attached hydrogen (secondary N) is 1. The first-order chi connectivity index (χ1) is 12.4. The number of amides is 1. The van der Waals surface area contributed by atoms with Crippen molar-refractivity contribution >= 4 is 39.1 Å². The van der Waals surface area contributed by atoms with Crippen molar-refractivity contribution in [1.29, 1.82) is 0 Å². The molecule has 138 valence electrons. The van der Waals surface area contributed by atoms with E-state index in [1.807, 2.05) is 0 Å². The third-order valence-electron chi connectivity index (χ3n) is 4.33. The molecule has 0 atom stereocenters. The first kappa shape index (κ1) is 19.2. The maximum Gasteiger partial charge on any atom is 0.255 e. The van der Waals surface area contributed by atoms with Gasteiger partial charge in [0.05, 0.1) is 15.5 Å². The molecule has 1 amide bonds. The van der Waals surface area contributed by atoms with Crippen LogP contribution in [0.15, 0.2) is 53.4 Å². The number of sulfonamides is 1. The van der Waals surface area contributed by atoms with E-state index in [1.54, 1.807) is 41.3 Å². The maximum absolute atomic E-state index is 12.6. The molecule has 1 heterocycles. The highest BCUT2D eigenvalue weighted by Crippen LogP contribution is 2.21. The second-order valence-electron chi connectivity index (χ2n) is 6.12. The number of nitrogens with zero attached hydrogens (tertiary/aromatic N) is 1. The lowest BCUT2D eigenvalue weighted by atomic mass is 10.0. The van der Waals surface area contributed by atoms with Gasteiger partial charge < -0.3 is 4.90 Å². The molecule has 1 aliphatic rings. The van der Waals surface area contributed by atoms with E-state index in [4.69, 9.17) is 23.2 Å². The highest BCUT2D eigenvalue weighted by Gasteiger charge is 2.27. The maximum atomic E-state index is 12.6. The van der Waals surface area contributed by atoms with Crippen molar-refractivity contribution in [2.75, 3.05) is 13.1 Å². The zero-order chi connectivity index (χ0) is 18.7. The van der Waals surface area contributed by atoms with Crippen molar-refractivity contribution in [3.05, 3.63) is 64.1 Å². The van der Waals surface area contributed by atoms with Gasteiger partial charge in [0.15, 0.2) is 0 Å². The summed E-state index contributed by atoms with van der Waals surface area (Å²) in [7, 11) is -3.61. The van der Waals surface area contributed by atoms with E-state index in [9.17, 15) is 13.2 Å². The van der Waals surface area contributed by atoms with Gasteiger partial charge in [-0.25, -0.2) is 13.1 Å². The van der Waals surface area contributed by atoms with Gasteiger partial charge in [0, 0.05) is 24.2 Å². The number of rotatable bonds is 4. The molecule has 2 aromatic carbocycles. The van der Waals surface area contributed by atoms with Crippen molar-refractivity contribution in [2.24, 2.45) is 0 Å². The molecule has 1 aliphatic heterocycles. The normalized spacial score (nSPS) is 15.8. The molecular formula is C18H18Cl2N2O3S. The van der Waals surface area contributed by atoms with Gasteiger partial charge in [-0.05, 0) is 49.2 Å². The topological polar surface area (TPSA) is 66.5 Å². The van der Waals surface area contributed by atoms with Gasteiger partial charge in [-0.15, -0.1) is 0 Å². The van der Waals surface area contributed by atoms with Gasteiger partial charge in [0.1, 0.15) is 0 Å². The fourth-order valence-corrected chi connectivity index (χ4v) is 4.55. The first-order valence-electron chi connectivity index (χ1n) is 8.18. The Morgan fingerprint density at radius 3 is 2.23 bits per heavy atom. The quantitative estimate of drug-likeness (QED) is 0.834. The van der Waals surface area contributed by atoms with E-state index in [1.165, 1.54) is 12.1 Å². The van der Waals surface area contributed by atoms with Crippen LogP contribution >= 0.6 is 23.2 Å². The molecule has 26 heavy (non-hydrogen) atoms. The third-order valence-corrected chi connectivity index (χ3v) is 6.45. The highest BCUT2D eigenvalue weighted by molar-refractivity contribution is 7.89. The van der Waals surface area contributed by atoms with Crippen LogP contribution in [-0.2, 0) is 10.0 Å². The molecule has 1 saturated heterocycles. The largest absolute Gasteiger partial charge is 0.338 e. The van der Waals surface area contributed by atoms with Gasteiger partial charge in [-0.2, -0.15) is 0 Å². The van der Waals surface area contributed by atoms with Gasteiger partial charge in [-0.3, -0.25) is 4.79 Å². The summed E-state index contributed by atoms with van der Waals surface area (Å²) in [5.41, 5.74) is 0.467. The summed E-state index contributed by atoms with van der Waals surface area (Å²) >= 11 is 11.9. The molecule has 8 heteroatoms. The molecule has 1 N–H and O–H groups in total. The average Bonchev–Trinajstić information content (AvgIpc) is 2.62. The van der Waals surface area contributed by atoms with Crippen LogP contribution in [0.2, 0.25) is 10.0 Å². The summed E-state index contributed by atoms with van der Waals surface area (Å²) in [6.45, 7) is 0.940. The lowest BCUT2D eigenvalue weighted by molar-refractivity contribution is 0.0711. The van der Waals surface area contributed by atoms with Crippen LogP contribution in [0.25, 0.3) is 0 Å². The Morgan fingerprint density at radius 2 is 1.62 bits per heavy atom. The van der Waals surface area contributed by atoms with Crippen molar-refractivity contribution in [3.63, 3.8) is 0 Å². The van der Waals surface area contributed by atoms with Crippen molar-refractivity contribution < 1.29 is 13.2 Å². The number of halogens is 2. The molecular weight excluding hydrogens is 395 g/mol. The monoisotopic (exact) mass is 412 g/mol. The minimum atomic E-state index is -3.61. The minimum absolute atomic E-state index is 0.130. The molecule has 0 bridgehead atoms. The lowest BCUT2D eigenvalue weighted by Gasteiger charge is -2.32. The van der Waals surface area contributed by atoms with Crippen LogP contribution in [0.5, 0.6) is 0 Å². The molecule has 1 fully saturated rings. The van der Waals surface area contributed by atoms with Crippen molar-refractivity contribution in [1.82, 2.24) is 9.62 Å². The third kappa shape index (κ3) is 4.38. The van der Waals surface area contributed by atoms with Gasteiger partial charge in [-0.1, -0.05) is 35.3 Å². The van der Waals surface area contributed by atoms with E-state index in [0.717, 1.165) is 0 Å². The second-order valence-corrected chi connectivity index (χ2v) is 8.68. The molecule has 0 saturated carbocycles.